The summed E-state index contributed by atoms with van der Waals surface area (Å²) in [4.78, 5) is 12.9. The van der Waals surface area contributed by atoms with E-state index in [1.165, 1.54) is 5.56 Å². The van der Waals surface area contributed by atoms with Crippen molar-refractivity contribution in [3.05, 3.63) is 65.6 Å². The van der Waals surface area contributed by atoms with E-state index < -0.39 is 0 Å². The molecule has 20 heavy (non-hydrogen) atoms. The van der Waals surface area contributed by atoms with Crippen molar-refractivity contribution in [2.75, 3.05) is 0 Å². The average molecular weight is 282 g/mol. The van der Waals surface area contributed by atoms with Crippen molar-refractivity contribution < 1.29 is 0 Å². The lowest BCUT2D eigenvalue weighted by Crippen LogP contribution is -2.12. The van der Waals surface area contributed by atoms with Crippen LogP contribution in [0.15, 0.2) is 54.3 Å². The molecule has 0 amide bonds. The lowest BCUT2D eigenvalue weighted by atomic mass is 10.3. The van der Waals surface area contributed by atoms with Crippen LogP contribution in [-0.4, -0.2) is 15.0 Å². The molecular formula is C15H14N4S. The van der Waals surface area contributed by atoms with Gasteiger partial charge in [0.1, 0.15) is 5.01 Å². The van der Waals surface area contributed by atoms with Gasteiger partial charge in [-0.2, -0.15) is 0 Å². The molecule has 1 N–H and O–H groups in total. The van der Waals surface area contributed by atoms with E-state index in [1.807, 2.05) is 30.3 Å². The van der Waals surface area contributed by atoms with Crippen LogP contribution in [0, 0.1) is 0 Å². The lowest BCUT2D eigenvalue weighted by molar-refractivity contribution is 0.682. The van der Waals surface area contributed by atoms with Crippen molar-refractivity contribution in [2.24, 2.45) is 0 Å². The minimum Gasteiger partial charge on any atom is -0.307 e. The van der Waals surface area contributed by atoms with Gasteiger partial charge in [0, 0.05) is 37.1 Å². The highest BCUT2D eigenvalue weighted by molar-refractivity contribution is 7.13. The summed E-state index contributed by atoms with van der Waals surface area (Å²) < 4.78 is 0. The third-order valence-corrected chi connectivity index (χ3v) is 3.73. The maximum atomic E-state index is 4.59. The van der Waals surface area contributed by atoms with E-state index in [4.69, 9.17) is 0 Å². The van der Waals surface area contributed by atoms with Crippen LogP contribution < -0.4 is 5.32 Å². The number of pyridine rings is 2. The number of thiazole rings is 1. The van der Waals surface area contributed by atoms with E-state index in [0.29, 0.717) is 0 Å². The number of rotatable bonds is 5. The predicted molar refractivity (Wildman–Crippen MR) is 80.1 cm³/mol. The monoisotopic (exact) mass is 282 g/mol. The summed E-state index contributed by atoms with van der Waals surface area (Å²) in [5.41, 5.74) is 3.20. The van der Waals surface area contributed by atoms with Crippen LogP contribution in [0.3, 0.4) is 0 Å². The standard InChI is InChI=1S/C15H14N4S/c1-2-6-18-14(3-1)15-19-13(11-20-15)10-17-9-12-4-7-16-8-5-12/h1-8,11,17H,9-10H2. The van der Waals surface area contributed by atoms with Crippen LogP contribution in [-0.2, 0) is 13.1 Å². The van der Waals surface area contributed by atoms with Crippen molar-refractivity contribution in [1.29, 1.82) is 0 Å². The van der Waals surface area contributed by atoms with E-state index in [9.17, 15) is 0 Å². The molecule has 0 aliphatic heterocycles. The molecule has 0 spiro atoms. The van der Waals surface area contributed by atoms with E-state index in [2.05, 4.69) is 25.6 Å². The molecule has 3 rings (SSSR count). The van der Waals surface area contributed by atoms with Gasteiger partial charge < -0.3 is 5.32 Å². The van der Waals surface area contributed by atoms with Gasteiger partial charge in [0.25, 0.3) is 0 Å². The van der Waals surface area contributed by atoms with Gasteiger partial charge in [-0.15, -0.1) is 11.3 Å². The van der Waals surface area contributed by atoms with Crippen LogP contribution in [0.1, 0.15) is 11.3 Å². The largest absolute Gasteiger partial charge is 0.307 e. The number of hydrogen-bond acceptors (Lipinski definition) is 5. The van der Waals surface area contributed by atoms with Crippen LogP contribution in [0.4, 0.5) is 0 Å². The van der Waals surface area contributed by atoms with Gasteiger partial charge in [0.05, 0.1) is 11.4 Å². The molecule has 0 saturated heterocycles. The second-order valence-electron chi connectivity index (χ2n) is 4.32. The summed E-state index contributed by atoms with van der Waals surface area (Å²) in [6.45, 7) is 1.57. The van der Waals surface area contributed by atoms with Crippen molar-refractivity contribution >= 4 is 11.3 Å². The SMILES string of the molecule is c1ccc(-c2nc(CNCc3ccncc3)cs2)nc1. The maximum Gasteiger partial charge on any atom is 0.142 e. The van der Waals surface area contributed by atoms with E-state index >= 15 is 0 Å². The van der Waals surface area contributed by atoms with Crippen molar-refractivity contribution in [2.45, 2.75) is 13.1 Å². The molecule has 5 heteroatoms. The minimum atomic E-state index is 0.756. The van der Waals surface area contributed by atoms with Gasteiger partial charge in [-0.25, -0.2) is 4.98 Å². The summed E-state index contributed by atoms with van der Waals surface area (Å²) in [6.07, 6.45) is 5.40. The first-order chi connectivity index (χ1) is 9.92. The van der Waals surface area contributed by atoms with Gasteiger partial charge in [-0.05, 0) is 29.8 Å². The van der Waals surface area contributed by atoms with E-state index in [-0.39, 0.29) is 0 Å². The van der Waals surface area contributed by atoms with Crippen molar-refractivity contribution in [3.8, 4) is 10.7 Å². The van der Waals surface area contributed by atoms with E-state index in [0.717, 1.165) is 29.5 Å². The van der Waals surface area contributed by atoms with Crippen molar-refractivity contribution in [1.82, 2.24) is 20.3 Å². The second kappa shape index (κ2) is 6.36. The number of nitrogens with one attached hydrogen (secondary N) is 1. The molecule has 3 aromatic rings. The van der Waals surface area contributed by atoms with Gasteiger partial charge >= 0.3 is 0 Å². The highest BCUT2D eigenvalue weighted by Gasteiger charge is 2.04. The summed E-state index contributed by atoms with van der Waals surface area (Å²) in [6, 6.07) is 9.88. The Bertz CT molecular complexity index is 652. The summed E-state index contributed by atoms with van der Waals surface area (Å²) >= 11 is 1.63. The minimum absolute atomic E-state index is 0.756. The Morgan fingerprint density at radius 2 is 1.90 bits per heavy atom. The van der Waals surface area contributed by atoms with E-state index in [1.54, 1.807) is 29.9 Å². The fourth-order valence-corrected chi connectivity index (χ4v) is 2.63. The van der Waals surface area contributed by atoms with Gasteiger partial charge in [-0.1, -0.05) is 6.07 Å². The Morgan fingerprint density at radius 3 is 2.70 bits per heavy atom. The van der Waals surface area contributed by atoms with Gasteiger partial charge in [0.2, 0.25) is 0 Å². The molecule has 0 atom stereocenters. The molecule has 0 aromatic carbocycles. The predicted octanol–water partition coefficient (Wildman–Crippen LogP) is 2.89. The first-order valence-corrected chi connectivity index (χ1v) is 7.25. The molecule has 3 aromatic heterocycles. The van der Waals surface area contributed by atoms with Crippen LogP contribution in [0.2, 0.25) is 0 Å². The third kappa shape index (κ3) is 3.26. The first-order valence-electron chi connectivity index (χ1n) is 6.37. The molecule has 0 unspecified atom stereocenters. The lowest BCUT2D eigenvalue weighted by Gasteiger charge is -2.02. The molecule has 0 aliphatic carbocycles. The fourth-order valence-electron chi connectivity index (χ4n) is 1.83. The molecule has 0 aliphatic rings. The average Bonchev–Trinajstić information content (AvgIpc) is 2.98. The molecule has 3 heterocycles. The molecule has 0 radical (unpaired) electrons. The Morgan fingerprint density at radius 1 is 1.00 bits per heavy atom. The third-order valence-electron chi connectivity index (χ3n) is 2.82. The topological polar surface area (TPSA) is 50.7 Å². The zero-order chi connectivity index (χ0) is 13.6. The number of aromatic nitrogens is 3. The Labute approximate surface area is 121 Å². The smallest absolute Gasteiger partial charge is 0.142 e. The second-order valence-corrected chi connectivity index (χ2v) is 5.18. The highest BCUT2D eigenvalue weighted by Crippen LogP contribution is 2.21. The first kappa shape index (κ1) is 12.9. The van der Waals surface area contributed by atoms with Crippen LogP contribution in [0.25, 0.3) is 10.7 Å². The number of nitrogens with zero attached hydrogens (tertiary/aromatic N) is 3. The molecule has 0 bridgehead atoms. The Hall–Kier alpha value is -2.11. The zero-order valence-electron chi connectivity index (χ0n) is 10.9. The summed E-state index contributed by atoms with van der Waals surface area (Å²) in [5.74, 6) is 0. The molecule has 0 saturated carbocycles. The molecule has 0 fully saturated rings. The normalized spacial score (nSPS) is 10.6. The van der Waals surface area contributed by atoms with Crippen molar-refractivity contribution in [3.63, 3.8) is 0 Å². The maximum absolute atomic E-state index is 4.59. The summed E-state index contributed by atoms with van der Waals surface area (Å²) in [7, 11) is 0. The van der Waals surface area contributed by atoms with Crippen LogP contribution >= 0.6 is 11.3 Å². The molecule has 100 valence electrons. The summed E-state index contributed by atoms with van der Waals surface area (Å²) in [5, 5.41) is 6.42. The highest BCUT2D eigenvalue weighted by atomic mass is 32.1. The Balaban J connectivity index is 1.58. The zero-order valence-corrected chi connectivity index (χ0v) is 11.7. The molecular weight excluding hydrogens is 268 g/mol. The van der Waals surface area contributed by atoms with Gasteiger partial charge in [0.15, 0.2) is 0 Å². The van der Waals surface area contributed by atoms with Gasteiger partial charge in [-0.3, -0.25) is 9.97 Å². The quantitative estimate of drug-likeness (QED) is 0.782. The molecule has 4 nitrogen and oxygen atoms in total. The Kier molecular flexibility index (Phi) is 4.10. The fraction of sp³-hybridized carbons (Fsp3) is 0.133. The number of hydrogen-bond donors (Lipinski definition) is 1. The van der Waals surface area contributed by atoms with Crippen LogP contribution in [0.5, 0.6) is 0 Å².